The minimum atomic E-state index is 0.0710. The zero-order chi connectivity index (χ0) is 5.28. The van der Waals surface area contributed by atoms with Gasteiger partial charge in [-0.05, 0) is 6.42 Å². The number of hydrogen-bond acceptors (Lipinski definition) is 0. The van der Waals surface area contributed by atoms with Gasteiger partial charge < -0.3 is 0 Å². The van der Waals surface area contributed by atoms with Crippen LogP contribution in [0.3, 0.4) is 0 Å². The van der Waals surface area contributed by atoms with Gasteiger partial charge in [0.25, 0.3) is 0 Å². The summed E-state index contributed by atoms with van der Waals surface area (Å²) < 4.78 is 0. The van der Waals surface area contributed by atoms with Crippen LogP contribution in [-0.4, -0.2) is 10.8 Å². The van der Waals surface area contributed by atoms with Crippen LogP contribution in [0.25, 0.3) is 0 Å². The molecule has 0 fully saturated rings. The van der Waals surface area contributed by atoms with Crippen molar-refractivity contribution < 1.29 is 0 Å². The Kier molecular flexibility index (Phi) is 1.61. The molecule has 0 unspecified atom stereocenters. The molecule has 1 aliphatic carbocycles. The maximum atomic E-state index is 5.67. The minimum Gasteiger partial charge on any atom is -0.121 e. The van der Waals surface area contributed by atoms with E-state index in [1.165, 1.54) is 0 Å². The molecule has 0 saturated carbocycles. The average Bonchev–Trinajstić information content (AvgIpc) is 1.91. The first-order chi connectivity index (χ1) is 3.30. The molecular weight excluding hydrogens is 131 g/mol. The molecule has 0 nitrogen and oxygen atoms in total. The fraction of sp³-hybridized carbons (Fsp3) is 0.600. The largest absolute Gasteiger partial charge is 0.121 e. The molecule has 0 radical (unpaired) electrons. The molecule has 2 heteroatoms. The van der Waals surface area contributed by atoms with Crippen molar-refractivity contribution in [3.05, 3.63) is 12.2 Å². The Morgan fingerprint density at radius 3 is 2.29 bits per heavy atom. The molecule has 40 valence electrons. The second kappa shape index (κ2) is 2.06. The Morgan fingerprint density at radius 1 is 1.43 bits per heavy atom. The number of hydrogen-bond donors (Lipinski definition) is 0. The first-order valence-electron chi connectivity index (χ1n) is 2.25. The van der Waals surface area contributed by atoms with Gasteiger partial charge in [0.1, 0.15) is 0 Å². The van der Waals surface area contributed by atoms with E-state index in [1.807, 2.05) is 12.2 Å². The van der Waals surface area contributed by atoms with Gasteiger partial charge in [0.05, 0.1) is 10.8 Å². The van der Waals surface area contributed by atoms with Gasteiger partial charge in [0.15, 0.2) is 0 Å². The van der Waals surface area contributed by atoms with Crippen molar-refractivity contribution in [1.29, 1.82) is 0 Å². The Bertz CT molecular complexity index is 88.1. The molecule has 0 N–H and O–H groups in total. The summed E-state index contributed by atoms with van der Waals surface area (Å²) in [6, 6.07) is 0. The summed E-state index contributed by atoms with van der Waals surface area (Å²) in [7, 11) is 0. The van der Waals surface area contributed by atoms with E-state index in [9.17, 15) is 0 Å². The van der Waals surface area contributed by atoms with E-state index in [1.54, 1.807) is 0 Å². The first-order valence-corrected chi connectivity index (χ1v) is 3.13. The van der Waals surface area contributed by atoms with Crippen molar-refractivity contribution in [2.45, 2.75) is 17.2 Å². The topological polar surface area (TPSA) is 0 Å². The number of allylic oxidation sites excluding steroid dienone is 2. The van der Waals surface area contributed by atoms with Crippen molar-refractivity contribution in [3.63, 3.8) is 0 Å². The summed E-state index contributed by atoms with van der Waals surface area (Å²) in [5.41, 5.74) is 0. The molecular formula is C5H6Cl2. The summed E-state index contributed by atoms with van der Waals surface area (Å²) in [4.78, 5) is 0. The molecule has 1 aliphatic rings. The van der Waals surface area contributed by atoms with Gasteiger partial charge >= 0.3 is 0 Å². The van der Waals surface area contributed by atoms with Crippen LogP contribution in [0.2, 0.25) is 0 Å². The first kappa shape index (κ1) is 5.46. The highest BCUT2D eigenvalue weighted by Gasteiger charge is 2.16. The molecule has 0 aromatic heterocycles. The summed E-state index contributed by atoms with van der Waals surface area (Å²) in [5, 5.41) is 0.211. The number of rotatable bonds is 0. The molecule has 0 bridgehead atoms. The SMILES string of the molecule is Cl[C@@H]1C=CC[C@H]1Cl. The van der Waals surface area contributed by atoms with E-state index in [2.05, 4.69) is 0 Å². The lowest BCUT2D eigenvalue weighted by Gasteiger charge is -1.99. The monoisotopic (exact) mass is 136 g/mol. The van der Waals surface area contributed by atoms with E-state index in [4.69, 9.17) is 23.2 Å². The molecule has 0 aromatic rings. The molecule has 0 saturated heterocycles. The summed E-state index contributed by atoms with van der Waals surface area (Å²) >= 11 is 11.3. The molecule has 7 heavy (non-hydrogen) atoms. The van der Waals surface area contributed by atoms with Crippen LogP contribution in [0.1, 0.15) is 6.42 Å². The quantitative estimate of drug-likeness (QED) is 0.354. The maximum Gasteiger partial charge on any atom is 0.0682 e. The van der Waals surface area contributed by atoms with Crippen molar-refractivity contribution in [2.75, 3.05) is 0 Å². The normalized spacial score (nSPS) is 39.7. The second-order valence-electron chi connectivity index (χ2n) is 1.62. The van der Waals surface area contributed by atoms with Crippen LogP contribution in [0.4, 0.5) is 0 Å². The number of halogens is 2. The Labute approximate surface area is 53.1 Å². The fourth-order valence-corrected chi connectivity index (χ4v) is 0.982. The zero-order valence-electron chi connectivity index (χ0n) is 3.77. The molecule has 1 rings (SSSR count). The lowest BCUT2D eigenvalue weighted by molar-refractivity contribution is 0.946. The van der Waals surface area contributed by atoms with Crippen LogP contribution >= 0.6 is 23.2 Å². The van der Waals surface area contributed by atoms with Gasteiger partial charge in [0.2, 0.25) is 0 Å². The summed E-state index contributed by atoms with van der Waals surface area (Å²) in [6.45, 7) is 0. The van der Waals surface area contributed by atoms with E-state index in [0.717, 1.165) is 6.42 Å². The van der Waals surface area contributed by atoms with Crippen LogP contribution in [0.5, 0.6) is 0 Å². The fourth-order valence-electron chi connectivity index (χ4n) is 0.589. The molecule has 0 heterocycles. The van der Waals surface area contributed by atoms with E-state index in [0.29, 0.717) is 0 Å². The third-order valence-corrected chi connectivity index (χ3v) is 2.05. The van der Waals surface area contributed by atoms with E-state index < -0.39 is 0 Å². The van der Waals surface area contributed by atoms with E-state index in [-0.39, 0.29) is 10.8 Å². The summed E-state index contributed by atoms with van der Waals surface area (Å²) in [5.74, 6) is 0. The Morgan fingerprint density at radius 2 is 2.14 bits per heavy atom. The van der Waals surface area contributed by atoms with Crippen LogP contribution < -0.4 is 0 Å². The standard InChI is InChI=1S/C5H6Cl2/c6-4-2-1-3-5(4)7/h1-2,4-5H,3H2/t4-,5-/m1/s1. The van der Waals surface area contributed by atoms with Crippen molar-refractivity contribution in [2.24, 2.45) is 0 Å². The van der Waals surface area contributed by atoms with Gasteiger partial charge in [-0.1, -0.05) is 12.2 Å². The van der Waals surface area contributed by atoms with E-state index >= 15 is 0 Å². The summed E-state index contributed by atoms with van der Waals surface area (Å²) in [6.07, 6.45) is 4.87. The second-order valence-corrected chi connectivity index (χ2v) is 2.69. The molecule has 0 amide bonds. The van der Waals surface area contributed by atoms with Crippen molar-refractivity contribution >= 4 is 23.2 Å². The molecule has 0 aliphatic heterocycles. The van der Waals surface area contributed by atoms with Crippen LogP contribution in [-0.2, 0) is 0 Å². The van der Waals surface area contributed by atoms with Crippen LogP contribution in [0.15, 0.2) is 12.2 Å². The van der Waals surface area contributed by atoms with Gasteiger partial charge in [-0.3, -0.25) is 0 Å². The van der Waals surface area contributed by atoms with Crippen molar-refractivity contribution in [1.82, 2.24) is 0 Å². The highest BCUT2D eigenvalue weighted by Crippen LogP contribution is 2.21. The Hall–Kier alpha value is 0.320. The lowest BCUT2D eigenvalue weighted by atomic mass is 10.3. The minimum absolute atomic E-state index is 0.0710. The highest BCUT2D eigenvalue weighted by atomic mass is 35.5. The zero-order valence-corrected chi connectivity index (χ0v) is 5.28. The highest BCUT2D eigenvalue weighted by molar-refractivity contribution is 6.31. The molecule has 0 aromatic carbocycles. The predicted octanol–water partition coefficient (Wildman–Crippen LogP) is 2.16. The Balaban J connectivity index is 2.45. The predicted molar refractivity (Wildman–Crippen MR) is 33.0 cm³/mol. The van der Waals surface area contributed by atoms with Gasteiger partial charge in [-0.2, -0.15) is 0 Å². The lowest BCUT2D eigenvalue weighted by Crippen LogP contribution is -2.04. The van der Waals surface area contributed by atoms with Gasteiger partial charge in [0, 0.05) is 0 Å². The molecule has 2 atom stereocenters. The van der Waals surface area contributed by atoms with Gasteiger partial charge in [-0.25, -0.2) is 0 Å². The molecule has 0 spiro atoms. The van der Waals surface area contributed by atoms with Crippen LogP contribution in [0, 0.1) is 0 Å². The van der Waals surface area contributed by atoms with Gasteiger partial charge in [-0.15, -0.1) is 23.2 Å². The third-order valence-electron chi connectivity index (χ3n) is 1.03. The smallest absolute Gasteiger partial charge is 0.0682 e. The maximum absolute atomic E-state index is 5.67. The number of alkyl halides is 2. The average molecular weight is 137 g/mol. The third kappa shape index (κ3) is 1.11. The van der Waals surface area contributed by atoms with Crippen molar-refractivity contribution in [3.8, 4) is 0 Å².